The van der Waals surface area contributed by atoms with Gasteiger partial charge in [0.05, 0.1) is 0 Å². The Hall–Kier alpha value is -2.10. The lowest BCUT2D eigenvalue weighted by Crippen LogP contribution is -2.47. The minimum atomic E-state index is 1.41. The van der Waals surface area contributed by atoms with Crippen LogP contribution in [0, 0.1) is 0 Å². The van der Waals surface area contributed by atoms with Crippen LogP contribution < -0.4 is 65.6 Å². The molecule has 0 bridgehead atoms. The molecule has 3 aromatic heterocycles. The first-order valence-corrected chi connectivity index (χ1v) is 16.1. The van der Waals surface area contributed by atoms with E-state index in [1.54, 1.807) is 0 Å². The fourth-order valence-corrected chi connectivity index (χ4v) is 10.8. The van der Waals surface area contributed by atoms with Gasteiger partial charge in [0.2, 0.25) is 0 Å². The van der Waals surface area contributed by atoms with Gasteiger partial charge in [-0.1, -0.05) is 43.7 Å². The Bertz CT molecular complexity index is 2200. The summed E-state index contributed by atoms with van der Waals surface area (Å²) in [6.07, 6.45) is 0. The smallest absolute Gasteiger partial charge is 0.141 e. The van der Waals surface area contributed by atoms with E-state index in [4.69, 9.17) is 0 Å². The lowest BCUT2D eigenvalue weighted by molar-refractivity contribution is 1.02. The van der Waals surface area contributed by atoms with E-state index < -0.39 is 0 Å². The monoisotopic (exact) mass is 537 g/mol. The maximum absolute atomic E-state index is 2.52. The van der Waals surface area contributed by atoms with Crippen LogP contribution in [0.5, 0.6) is 0 Å². The van der Waals surface area contributed by atoms with Crippen LogP contribution in [-0.2, 0) is 7.05 Å². The molecule has 0 N–H and O–H groups in total. The van der Waals surface area contributed by atoms with Crippen molar-refractivity contribution in [2.75, 3.05) is 0 Å². The first-order valence-electron chi connectivity index (χ1n) is 14.5. The van der Waals surface area contributed by atoms with Gasteiger partial charge in [0.25, 0.3) is 0 Å². The fraction of sp³-hybridized carbons (Fsp3) is 0.0400. The summed E-state index contributed by atoms with van der Waals surface area (Å²) in [5.74, 6) is 0. The van der Waals surface area contributed by atoms with Crippen LogP contribution in [0.3, 0.4) is 0 Å². The highest BCUT2D eigenvalue weighted by molar-refractivity contribution is 7.30. The van der Waals surface area contributed by atoms with Crippen molar-refractivity contribution in [3.05, 3.63) is 0 Å². The molecule has 1 nitrogen and oxygen atoms in total. The Kier molecular flexibility index (Phi) is 5.67. The molecule has 0 saturated heterocycles. The van der Waals surface area contributed by atoms with Crippen molar-refractivity contribution < 1.29 is 0 Å². The van der Waals surface area contributed by atoms with E-state index in [2.05, 4.69) is 106 Å². The Balaban J connectivity index is 1.89. The number of rotatable bonds is 0. The third-order valence-corrected chi connectivity index (χ3v) is 13.7. The van der Waals surface area contributed by atoms with Gasteiger partial charge in [-0.3, -0.25) is 0 Å². The molecule has 0 aliphatic carbocycles. The van der Waals surface area contributed by atoms with Gasteiger partial charge in [0.1, 0.15) is 94.2 Å². The molecule has 0 amide bonds. The minimum absolute atomic E-state index is 1.41. The SMILES string of the molecule is Bc1c(B)c(B)c2c(sc3c2c(B)c(B)c2c3c3c4sc5c(B)c(B)c(B)c(B)c5c4c(B)c(B)c3n2C)c1B. The number of hydrogen-bond acceptors (Lipinski definition) is 2. The molecule has 3 heterocycles. The van der Waals surface area contributed by atoms with Crippen LogP contribution in [0.4, 0.5) is 0 Å². The third-order valence-electron chi connectivity index (χ3n) is 11.1. The Morgan fingerprint density at radius 3 is 0.950 bits per heavy atom. The number of aromatic nitrogens is 1. The van der Waals surface area contributed by atoms with Crippen LogP contribution in [0.25, 0.3) is 62.2 Å². The van der Waals surface area contributed by atoms with Crippen molar-refractivity contribution in [3.8, 4) is 0 Å². The maximum Gasteiger partial charge on any atom is 0.141 e. The molecule has 0 atom stereocenters. The zero-order valence-corrected chi connectivity index (χ0v) is 27.9. The van der Waals surface area contributed by atoms with Crippen molar-refractivity contribution >= 4 is 245 Å². The first-order chi connectivity index (χ1) is 18.8. The molecule has 0 radical (unpaired) electrons. The molecule has 180 valence electrons. The van der Waals surface area contributed by atoms with Gasteiger partial charge in [0.15, 0.2) is 0 Å². The predicted molar refractivity (Wildman–Crippen MR) is 224 cm³/mol. The highest BCUT2D eigenvalue weighted by atomic mass is 32.1. The zero-order valence-electron chi connectivity index (χ0n) is 26.3. The van der Waals surface area contributed by atoms with E-state index in [1.165, 1.54) is 128 Å². The van der Waals surface area contributed by atoms with Crippen LogP contribution in [0.15, 0.2) is 0 Å². The number of fused-ring (bicyclic) bond motifs is 11. The summed E-state index contributed by atoms with van der Waals surface area (Å²) in [6.45, 7) is 0. The number of benzene rings is 4. The van der Waals surface area contributed by atoms with Gasteiger partial charge < -0.3 is 4.57 Å². The van der Waals surface area contributed by atoms with Crippen molar-refractivity contribution in [2.45, 2.75) is 0 Å². The van der Waals surface area contributed by atoms with Gasteiger partial charge in [-0.05, 0) is 21.5 Å². The Morgan fingerprint density at radius 1 is 0.325 bits per heavy atom. The Morgan fingerprint density at radius 2 is 0.600 bits per heavy atom. The second-order valence-corrected chi connectivity index (χ2v) is 14.6. The zero-order chi connectivity index (χ0) is 28.8. The minimum Gasteiger partial charge on any atom is -0.344 e. The lowest BCUT2D eigenvalue weighted by atomic mass is 9.65. The topological polar surface area (TPSA) is 4.93 Å². The maximum atomic E-state index is 2.52. The molecular formula is C25H27B12NS2. The molecule has 0 aliphatic heterocycles. The molecule has 40 heavy (non-hydrogen) atoms. The number of hydrogen-bond donors (Lipinski definition) is 0. The molecule has 0 spiro atoms. The molecule has 0 saturated carbocycles. The van der Waals surface area contributed by atoms with E-state index in [1.807, 2.05) is 22.7 Å². The predicted octanol–water partition coefficient (Wildman–Crippen LogP) is -12.8. The average Bonchev–Trinajstić information content (AvgIpc) is 3.60. The van der Waals surface area contributed by atoms with E-state index in [9.17, 15) is 0 Å². The van der Waals surface area contributed by atoms with E-state index in [0.717, 1.165) is 0 Å². The average molecular weight is 535 g/mol. The largest absolute Gasteiger partial charge is 0.344 e. The summed E-state index contributed by atoms with van der Waals surface area (Å²) < 4.78 is 8.40. The van der Waals surface area contributed by atoms with Crippen molar-refractivity contribution in [1.29, 1.82) is 0 Å². The fourth-order valence-electron chi connectivity index (χ4n) is 7.75. The number of thiophene rings is 2. The van der Waals surface area contributed by atoms with Crippen molar-refractivity contribution in [1.82, 2.24) is 4.57 Å². The lowest BCUT2D eigenvalue weighted by Gasteiger charge is -2.14. The second-order valence-electron chi connectivity index (χ2n) is 12.5. The molecular weight excluding hydrogens is 508 g/mol. The van der Waals surface area contributed by atoms with Crippen LogP contribution in [0.2, 0.25) is 0 Å². The number of nitrogens with zero attached hydrogens (tertiary/aromatic N) is 1. The van der Waals surface area contributed by atoms with Gasteiger partial charge in [0, 0.05) is 47.7 Å². The van der Waals surface area contributed by atoms with Crippen molar-refractivity contribution in [2.24, 2.45) is 7.05 Å². The molecule has 7 rings (SSSR count). The second kappa shape index (κ2) is 8.48. The van der Waals surface area contributed by atoms with Crippen LogP contribution >= 0.6 is 22.7 Å². The summed E-state index contributed by atoms with van der Waals surface area (Å²) in [5, 5.41) is 8.85. The standard InChI is InChI=1S/C25H27B12NS2/c1-38-20-6(22-2(10(28)16(20)34)4-8(26)12(30)14(32)18(36)24(4)39-22)7-21(38)17(35)11(29)3-5-9(27)13(31)15(33)19(37)25(5)40-23(3)7/h26-37H2,1H3. The highest BCUT2D eigenvalue weighted by Crippen LogP contribution is 2.43. The van der Waals surface area contributed by atoms with Crippen molar-refractivity contribution in [3.63, 3.8) is 0 Å². The summed E-state index contributed by atoms with van der Waals surface area (Å²) in [7, 11) is 30.3. The molecule has 4 aromatic carbocycles. The molecule has 0 fully saturated rings. The van der Waals surface area contributed by atoms with E-state index in [0.29, 0.717) is 0 Å². The van der Waals surface area contributed by atoms with E-state index >= 15 is 0 Å². The van der Waals surface area contributed by atoms with Gasteiger partial charge in [-0.15, -0.1) is 44.5 Å². The molecule has 7 aromatic rings. The Labute approximate surface area is 254 Å². The summed E-state index contributed by atoms with van der Waals surface area (Å²) in [6, 6.07) is 0. The molecule has 15 heteroatoms. The quantitative estimate of drug-likeness (QED) is 0.170. The van der Waals surface area contributed by atoms with Gasteiger partial charge in [-0.25, -0.2) is 0 Å². The molecule has 0 unspecified atom stereocenters. The number of aryl methyl sites for hydroxylation is 1. The summed E-state index contributed by atoms with van der Waals surface area (Å²) >= 11 is 4.07. The van der Waals surface area contributed by atoms with Gasteiger partial charge in [-0.2, -0.15) is 0 Å². The highest BCUT2D eigenvalue weighted by Gasteiger charge is 2.27. The normalized spacial score (nSPS) is 12.3. The molecule has 0 aliphatic rings. The summed E-state index contributed by atoms with van der Waals surface area (Å²) in [5.41, 5.74) is 20.1. The first kappa shape index (κ1) is 26.8. The van der Waals surface area contributed by atoms with Gasteiger partial charge >= 0.3 is 0 Å². The third kappa shape index (κ3) is 2.94. The van der Waals surface area contributed by atoms with Crippen LogP contribution in [0.1, 0.15) is 0 Å². The van der Waals surface area contributed by atoms with E-state index in [-0.39, 0.29) is 0 Å². The van der Waals surface area contributed by atoms with Crippen LogP contribution in [-0.4, -0.2) is 98.7 Å². The summed E-state index contributed by atoms with van der Waals surface area (Å²) in [4.78, 5) is 0.